The summed E-state index contributed by atoms with van der Waals surface area (Å²) in [5.74, 6) is 0.0308. The van der Waals surface area contributed by atoms with Crippen LogP contribution in [0.2, 0.25) is 0 Å². The predicted molar refractivity (Wildman–Crippen MR) is 60.2 cm³/mol. The summed E-state index contributed by atoms with van der Waals surface area (Å²) in [4.78, 5) is 11.3. The summed E-state index contributed by atoms with van der Waals surface area (Å²) < 4.78 is 0. The van der Waals surface area contributed by atoms with Gasteiger partial charge in [0.2, 0.25) is 5.91 Å². The molecule has 0 aliphatic carbocycles. The Morgan fingerprint density at radius 2 is 2.07 bits per heavy atom. The highest BCUT2D eigenvalue weighted by molar-refractivity contribution is 5.76. The lowest BCUT2D eigenvalue weighted by molar-refractivity contribution is -0.121. The molecule has 0 bridgehead atoms. The maximum absolute atomic E-state index is 11.3. The molecule has 0 saturated heterocycles. The third-order valence-electron chi connectivity index (χ3n) is 1.94. The van der Waals surface area contributed by atoms with Crippen LogP contribution in [0, 0.1) is 11.3 Å². The van der Waals surface area contributed by atoms with E-state index in [-0.39, 0.29) is 11.9 Å². The zero-order valence-electron chi connectivity index (χ0n) is 9.84. The Labute approximate surface area is 92.0 Å². The van der Waals surface area contributed by atoms with Gasteiger partial charge in [-0.2, -0.15) is 5.26 Å². The van der Waals surface area contributed by atoms with E-state index in [1.165, 1.54) is 0 Å². The maximum Gasteiger partial charge on any atom is 0.220 e. The van der Waals surface area contributed by atoms with Gasteiger partial charge in [-0.05, 0) is 19.9 Å². The Morgan fingerprint density at radius 3 is 2.60 bits per heavy atom. The van der Waals surface area contributed by atoms with Gasteiger partial charge in [0.15, 0.2) is 0 Å². The van der Waals surface area contributed by atoms with Crippen LogP contribution in [0.1, 0.15) is 40.0 Å². The van der Waals surface area contributed by atoms with E-state index in [2.05, 4.69) is 24.5 Å². The summed E-state index contributed by atoms with van der Waals surface area (Å²) in [6.07, 6.45) is 1.73. The normalized spacial score (nSPS) is 12.2. The van der Waals surface area contributed by atoms with E-state index in [4.69, 9.17) is 5.26 Å². The molecule has 1 unspecified atom stereocenters. The van der Waals surface area contributed by atoms with Gasteiger partial charge in [0.05, 0.1) is 12.5 Å². The number of carbonyl (C=O) groups excluding carboxylic acids is 1. The van der Waals surface area contributed by atoms with Gasteiger partial charge in [-0.1, -0.05) is 13.8 Å². The summed E-state index contributed by atoms with van der Waals surface area (Å²) in [5.41, 5.74) is 0. The number of rotatable bonds is 7. The monoisotopic (exact) mass is 211 g/mol. The Balaban J connectivity index is 3.46. The number of hydrogen-bond acceptors (Lipinski definition) is 3. The second kappa shape index (κ2) is 8.25. The Kier molecular flexibility index (Phi) is 7.65. The smallest absolute Gasteiger partial charge is 0.220 e. The zero-order valence-corrected chi connectivity index (χ0v) is 9.84. The van der Waals surface area contributed by atoms with E-state index in [1.807, 2.05) is 13.0 Å². The van der Waals surface area contributed by atoms with Crippen LogP contribution in [-0.2, 0) is 4.79 Å². The first-order valence-electron chi connectivity index (χ1n) is 5.46. The summed E-state index contributed by atoms with van der Waals surface area (Å²) >= 11 is 0. The minimum atomic E-state index is -0.0412. The molecule has 0 aromatic carbocycles. The van der Waals surface area contributed by atoms with Gasteiger partial charge in [-0.25, -0.2) is 0 Å². The lowest BCUT2D eigenvalue weighted by Crippen LogP contribution is -2.33. The fourth-order valence-corrected chi connectivity index (χ4v) is 1.17. The SMILES string of the molecule is CC(C)NCCCC(=O)NC(C)CC#N. The molecule has 0 aliphatic rings. The molecule has 0 heterocycles. The molecular weight excluding hydrogens is 190 g/mol. The van der Waals surface area contributed by atoms with Crippen LogP contribution in [0.5, 0.6) is 0 Å². The zero-order chi connectivity index (χ0) is 11.7. The van der Waals surface area contributed by atoms with Gasteiger partial charge in [-0.15, -0.1) is 0 Å². The van der Waals surface area contributed by atoms with E-state index in [0.29, 0.717) is 18.9 Å². The molecule has 0 aromatic rings. The van der Waals surface area contributed by atoms with E-state index < -0.39 is 0 Å². The van der Waals surface area contributed by atoms with Crippen molar-refractivity contribution in [2.24, 2.45) is 0 Å². The summed E-state index contributed by atoms with van der Waals surface area (Å²) in [5, 5.41) is 14.4. The second-order valence-electron chi connectivity index (χ2n) is 4.04. The highest BCUT2D eigenvalue weighted by Crippen LogP contribution is 1.93. The molecule has 4 nitrogen and oxygen atoms in total. The van der Waals surface area contributed by atoms with Crippen LogP contribution in [0.15, 0.2) is 0 Å². The van der Waals surface area contributed by atoms with E-state index in [1.54, 1.807) is 0 Å². The molecule has 0 spiro atoms. The molecule has 0 radical (unpaired) electrons. The fraction of sp³-hybridized carbons (Fsp3) is 0.818. The molecule has 86 valence electrons. The molecule has 1 amide bonds. The fourth-order valence-electron chi connectivity index (χ4n) is 1.17. The first-order chi connectivity index (χ1) is 7.06. The van der Waals surface area contributed by atoms with Crippen LogP contribution in [0.3, 0.4) is 0 Å². The largest absolute Gasteiger partial charge is 0.353 e. The lowest BCUT2D eigenvalue weighted by atomic mass is 10.2. The lowest BCUT2D eigenvalue weighted by Gasteiger charge is -2.11. The average Bonchev–Trinajstić information content (AvgIpc) is 2.12. The van der Waals surface area contributed by atoms with Crippen LogP contribution >= 0.6 is 0 Å². The van der Waals surface area contributed by atoms with Crippen molar-refractivity contribution in [2.45, 2.75) is 52.1 Å². The number of hydrogen-bond donors (Lipinski definition) is 2. The van der Waals surface area contributed by atoms with Gasteiger partial charge < -0.3 is 10.6 Å². The average molecular weight is 211 g/mol. The van der Waals surface area contributed by atoms with Crippen LogP contribution < -0.4 is 10.6 Å². The molecule has 1 atom stereocenters. The topological polar surface area (TPSA) is 64.9 Å². The molecule has 15 heavy (non-hydrogen) atoms. The minimum absolute atomic E-state index is 0.0308. The van der Waals surface area contributed by atoms with Crippen molar-refractivity contribution in [1.82, 2.24) is 10.6 Å². The van der Waals surface area contributed by atoms with Crippen LogP contribution in [0.25, 0.3) is 0 Å². The Morgan fingerprint density at radius 1 is 1.40 bits per heavy atom. The van der Waals surface area contributed by atoms with Crippen molar-refractivity contribution < 1.29 is 4.79 Å². The Hall–Kier alpha value is -1.08. The number of nitriles is 1. The molecular formula is C11H21N3O. The van der Waals surface area contributed by atoms with Crippen LogP contribution in [0.4, 0.5) is 0 Å². The molecule has 0 aliphatic heterocycles. The van der Waals surface area contributed by atoms with Crippen molar-refractivity contribution in [1.29, 1.82) is 5.26 Å². The second-order valence-corrected chi connectivity index (χ2v) is 4.04. The number of carbonyl (C=O) groups is 1. The summed E-state index contributed by atoms with van der Waals surface area (Å²) in [7, 11) is 0. The Bertz CT molecular complexity index is 220. The highest BCUT2D eigenvalue weighted by atomic mass is 16.1. The van der Waals surface area contributed by atoms with Gasteiger partial charge in [0, 0.05) is 18.5 Å². The van der Waals surface area contributed by atoms with E-state index in [9.17, 15) is 4.79 Å². The molecule has 4 heteroatoms. The van der Waals surface area contributed by atoms with E-state index >= 15 is 0 Å². The summed E-state index contributed by atoms with van der Waals surface area (Å²) in [6.45, 7) is 6.86. The van der Waals surface area contributed by atoms with Crippen molar-refractivity contribution in [3.05, 3.63) is 0 Å². The standard InChI is InChI=1S/C11H21N3O/c1-9(2)13-8-4-5-11(15)14-10(3)6-7-12/h9-10,13H,4-6,8H2,1-3H3,(H,14,15). The third kappa shape index (κ3) is 9.23. The van der Waals surface area contributed by atoms with Gasteiger partial charge >= 0.3 is 0 Å². The molecule has 2 N–H and O–H groups in total. The third-order valence-corrected chi connectivity index (χ3v) is 1.94. The molecule has 0 fully saturated rings. The molecule has 0 saturated carbocycles. The predicted octanol–water partition coefficient (Wildman–Crippen LogP) is 1.18. The van der Waals surface area contributed by atoms with Crippen LogP contribution in [-0.4, -0.2) is 24.5 Å². The summed E-state index contributed by atoms with van der Waals surface area (Å²) in [6, 6.07) is 2.45. The van der Waals surface area contributed by atoms with Crippen molar-refractivity contribution >= 4 is 5.91 Å². The first kappa shape index (κ1) is 13.9. The van der Waals surface area contributed by atoms with Crippen molar-refractivity contribution in [2.75, 3.05) is 6.54 Å². The minimum Gasteiger partial charge on any atom is -0.353 e. The number of nitrogens with one attached hydrogen (secondary N) is 2. The molecule has 0 aromatic heterocycles. The highest BCUT2D eigenvalue weighted by Gasteiger charge is 2.06. The molecule has 0 rings (SSSR count). The van der Waals surface area contributed by atoms with Crippen molar-refractivity contribution in [3.8, 4) is 6.07 Å². The van der Waals surface area contributed by atoms with Gasteiger partial charge in [0.25, 0.3) is 0 Å². The number of nitrogens with zero attached hydrogens (tertiary/aromatic N) is 1. The number of amides is 1. The van der Waals surface area contributed by atoms with Crippen molar-refractivity contribution in [3.63, 3.8) is 0 Å². The maximum atomic E-state index is 11.3. The quantitative estimate of drug-likeness (QED) is 0.621. The van der Waals surface area contributed by atoms with Gasteiger partial charge in [0.1, 0.15) is 0 Å². The first-order valence-corrected chi connectivity index (χ1v) is 5.46. The van der Waals surface area contributed by atoms with Gasteiger partial charge in [-0.3, -0.25) is 4.79 Å². The van der Waals surface area contributed by atoms with E-state index in [0.717, 1.165) is 13.0 Å².